The minimum Gasteiger partial charge on any atom is -0.461 e. The van der Waals surface area contributed by atoms with Crippen LogP contribution in [0.3, 0.4) is 0 Å². The number of rotatable bonds is 9. The molecule has 2 aromatic heterocycles. The van der Waals surface area contributed by atoms with Gasteiger partial charge in [-0.05, 0) is 65.3 Å². The summed E-state index contributed by atoms with van der Waals surface area (Å²) in [4.78, 5) is 63.7. The number of cyclic esters (lactones) is 1. The molecular formula is C34H47N5O9. The van der Waals surface area contributed by atoms with Gasteiger partial charge in [0, 0.05) is 62.5 Å². The average molecular weight is 670 g/mol. The fourth-order valence-corrected chi connectivity index (χ4v) is 6.62. The first-order valence-corrected chi connectivity index (χ1v) is 16.8. The number of esters is 1. The third kappa shape index (κ3) is 9.46. The fraction of sp³-hybridized carbons (Fsp3) is 0.647. The van der Waals surface area contributed by atoms with Crippen LogP contribution in [0.15, 0.2) is 37.1 Å². The Balaban J connectivity index is 1.17. The second-order valence-corrected chi connectivity index (χ2v) is 13.2. The van der Waals surface area contributed by atoms with Crippen molar-refractivity contribution in [1.29, 1.82) is 0 Å². The van der Waals surface area contributed by atoms with E-state index in [1.54, 1.807) is 23.6 Å². The maximum absolute atomic E-state index is 13.2. The van der Waals surface area contributed by atoms with Gasteiger partial charge >= 0.3 is 12.1 Å². The van der Waals surface area contributed by atoms with Crippen LogP contribution in [0.25, 0.3) is 11.3 Å². The van der Waals surface area contributed by atoms with Crippen molar-refractivity contribution in [1.82, 2.24) is 24.3 Å². The van der Waals surface area contributed by atoms with Crippen molar-refractivity contribution in [2.45, 2.75) is 114 Å². The first-order valence-electron chi connectivity index (χ1n) is 16.8. The van der Waals surface area contributed by atoms with Gasteiger partial charge in [0.05, 0.1) is 30.3 Å². The monoisotopic (exact) mass is 669 g/mol. The van der Waals surface area contributed by atoms with E-state index in [4.69, 9.17) is 18.9 Å². The third-order valence-electron chi connectivity index (χ3n) is 9.20. The molecule has 3 saturated heterocycles. The lowest BCUT2D eigenvalue weighted by atomic mass is 9.97. The Morgan fingerprint density at radius 3 is 2.69 bits per heavy atom. The smallest absolute Gasteiger partial charge is 0.410 e. The lowest BCUT2D eigenvalue weighted by molar-refractivity contribution is -0.268. The number of pyridine rings is 1. The number of hydrogen-bond acceptors (Lipinski definition) is 12. The predicted molar refractivity (Wildman–Crippen MR) is 171 cm³/mol. The second-order valence-electron chi connectivity index (χ2n) is 13.2. The van der Waals surface area contributed by atoms with E-state index in [0.717, 1.165) is 17.7 Å². The predicted octanol–water partition coefficient (Wildman–Crippen LogP) is 2.76. The molecule has 5 heterocycles. The molecule has 3 aliphatic rings. The Bertz CT molecular complexity index is 1400. The van der Waals surface area contributed by atoms with Crippen LogP contribution in [0.1, 0.15) is 64.7 Å². The normalized spacial score (nSPS) is 29.4. The second kappa shape index (κ2) is 16.6. The highest BCUT2D eigenvalue weighted by Gasteiger charge is 2.43. The molecule has 2 aromatic rings. The Morgan fingerprint density at radius 2 is 1.92 bits per heavy atom. The summed E-state index contributed by atoms with van der Waals surface area (Å²) in [6.45, 7) is 2.72. The van der Waals surface area contributed by atoms with Crippen LogP contribution in [0.2, 0.25) is 0 Å². The first kappa shape index (κ1) is 35.6. The van der Waals surface area contributed by atoms with Crippen LogP contribution < -0.4 is 0 Å². The minimum absolute atomic E-state index is 0.0564. The summed E-state index contributed by atoms with van der Waals surface area (Å²) in [5.41, 5.74) is 1.76. The molecular weight excluding hydrogens is 622 g/mol. The molecule has 0 spiro atoms. The van der Waals surface area contributed by atoms with E-state index in [9.17, 15) is 24.3 Å². The summed E-state index contributed by atoms with van der Waals surface area (Å²) in [6, 6.07) is 3.03. The Hall–Kier alpha value is -3.72. The van der Waals surface area contributed by atoms with Crippen molar-refractivity contribution < 1.29 is 43.2 Å². The molecule has 0 radical (unpaired) electrons. The van der Waals surface area contributed by atoms with Gasteiger partial charge in [-0.25, -0.2) is 9.78 Å². The summed E-state index contributed by atoms with van der Waals surface area (Å²) >= 11 is 0. The first-order chi connectivity index (χ1) is 23.1. The van der Waals surface area contributed by atoms with Gasteiger partial charge in [0.15, 0.2) is 12.4 Å². The largest absolute Gasteiger partial charge is 0.461 e. The van der Waals surface area contributed by atoms with E-state index >= 15 is 0 Å². The molecule has 4 unspecified atom stereocenters. The molecule has 0 bridgehead atoms. The SMILES string of the molecule is C[C@@H]1C[C@H](N(C)C)[C@@H](O)C(OC2CCCC(=O)CC3C(COC(=O)CC(=O)C2)OC(=O)N3CCCCn2cnc(-c3cccnc3)c2)O1. The zero-order valence-electron chi connectivity index (χ0n) is 27.9. The van der Waals surface area contributed by atoms with Gasteiger partial charge in [0.1, 0.15) is 30.7 Å². The number of imidazole rings is 1. The van der Waals surface area contributed by atoms with E-state index in [1.807, 2.05) is 48.8 Å². The van der Waals surface area contributed by atoms with Crippen molar-refractivity contribution in [3.05, 3.63) is 37.1 Å². The number of aryl methyl sites for hydroxylation is 1. The van der Waals surface area contributed by atoms with Crippen LogP contribution in [-0.4, -0.2) is 123 Å². The van der Waals surface area contributed by atoms with Crippen molar-refractivity contribution in [3.8, 4) is 11.3 Å². The van der Waals surface area contributed by atoms with Crippen molar-refractivity contribution in [2.75, 3.05) is 27.2 Å². The van der Waals surface area contributed by atoms with Gasteiger partial charge in [-0.2, -0.15) is 0 Å². The zero-order chi connectivity index (χ0) is 34.2. The summed E-state index contributed by atoms with van der Waals surface area (Å²) in [7, 11) is 3.75. The number of ether oxygens (including phenoxy) is 4. The Kier molecular flexibility index (Phi) is 12.3. The molecule has 0 saturated carbocycles. The number of Topliss-reactive ketones (excluding diaryl/α,β-unsaturated/α-hetero) is 2. The number of aliphatic hydroxyl groups excluding tert-OH is 1. The summed E-state index contributed by atoms with van der Waals surface area (Å²) in [6.07, 6.45) is 5.64. The number of carbonyl (C=O) groups is 4. The molecule has 48 heavy (non-hydrogen) atoms. The van der Waals surface area contributed by atoms with E-state index in [-0.39, 0.29) is 49.6 Å². The van der Waals surface area contributed by atoms with Gasteiger partial charge in [0.25, 0.3) is 0 Å². The summed E-state index contributed by atoms with van der Waals surface area (Å²) in [5, 5.41) is 10.9. The van der Waals surface area contributed by atoms with Crippen molar-refractivity contribution >= 4 is 23.6 Å². The van der Waals surface area contributed by atoms with Crippen LogP contribution in [0.4, 0.5) is 4.79 Å². The number of fused-ring (bicyclic) bond motifs is 1. The molecule has 0 aromatic carbocycles. The Labute approximate surface area is 280 Å². The van der Waals surface area contributed by atoms with Crippen molar-refractivity contribution in [3.63, 3.8) is 0 Å². The van der Waals surface area contributed by atoms with Gasteiger partial charge in [-0.15, -0.1) is 0 Å². The molecule has 1 amide bonds. The van der Waals surface area contributed by atoms with E-state index in [2.05, 4.69) is 9.97 Å². The van der Waals surface area contributed by atoms with Crippen LogP contribution in [0, 0.1) is 0 Å². The maximum atomic E-state index is 13.2. The average Bonchev–Trinajstić information content (AvgIpc) is 3.63. The topological polar surface area (TPSA) is 163 Å². The highest BCUT2D eigenvalue weighted by Crippen LogP contribution is 2.28. The minimum atomic E-state index is -0.951. The highest BCUT2D eigenvalue weighted by molar-refractivity contribution is 5.95. The number of unbranched alkanes of at least 4 members (excludes halogenated alkanes) is 1. The van der Waals surface area contributed by atoms with Gasteiger partial charge in [-0.1, -0.05) is 0 Å². The quantitative estimate of drug-likeness (QED) is 0.236. The number of carbonyl (C=O) groups excluding carboxylic acids is 4. The van der Waals surface area contributed by atoms with E-state index in [1.165, 1.54) is 0 Å². The number of ketones is 2. The molecule has 3 fully saturated rings. The van der Waals surface area contributed by atoms with Gasteiger partial charge < -0.3 is 38.4 Å². The van der Waals surface area contributed by atoms with Crippen LogP contribution in [-0.2, 0) is 39.9 Å². The molecule has 7 atom stereocenters. The summed E-state index contributed by atoms with van der Waals surface area (Å²) in [5.74, 6) is -1.20. The fourth-order valence-electron chi connectivity index (χ4n) is 6.62. The van der Waals surface area contributed by atoms with Crippen LogP contribution in [0.5, 0.6) is 0 Å². The molecule has 0 aliphatic carbocycles. The number of amides is 1. The van der Waals surface area contributed by atoms with Crippen molar-refractivity contribution in [2.24, 2.45) is 0 Å². The zero-order valence-corrected chi connectivity index (χ0v) is 27.9. The number of aliphatic hydroxyl groups is 1. The van der Waals surface area contributed by atoms with Gasteiger partial charge in [0.2, 0.25) is 0 Å². The standard InChI is InChI=1S/C34H47N5O9/c1-22-14-29(37(2)3)32(43)33(46-22)47-26-10-6-9-24(40)16-28-30(20-45-31(42)17-25(41)15-26)48-34(44)39(28)13-5-4-12-38-19-27(36-21-38)23-8-7-11-35-18-23/h7-8,11,18-19,21-22,26,28-30,32-33,43H,4-6,9-10,12-17,20H2,1-3H3/t22-,26?,28?,29+,30?,32-,33?/m1/s1. The third-order valence-corrected chi connectivity index (χ3v) is 9.20. The number of likely N-dealkylation sites (N-methyl/N-ethyl adjacent to an activating group) is 1. The molecule has 3 aliphatic heterocycles. The molecule has 1 N–H and O–H groups in total. The summed E-state index contributed by atoms with van der Waals surface area (Å²) < 4.78 is 25.0. The Morgan fingerprint density at radius 1 is 1.10 bits per heavy atom. The molecule has 14 heteroatoms. The lowest BCUT2D eigenvalue weighted by Gasteiger charge is -2.42. The van der Waals surface area contributed by atoms with E-state index < -0.39 is 49.1 Å². The highest BCUT2D eigenvalue weighted by atomic mass is 16.7. The maximum Gasteiger partial charge on any atom is 0.410 e. The van der Waals surface area contributed by atoms with Crippen LogP contribution >= 0.6 is 0 Å². The van der Waals surface area contributed by atoms with Gasteiger partial charge in [-0.3, -0.25) is 19.4 Å². The number of nitrogens with zero attached hydrogens (tertiary/aromatic N) is 5. The van der Waals surface area contributed by atoms with E-state index in [0.29, 0.717) is 38.8 Å². The number of aromatic nitrogens is 3. The lowest BCUT2D eigenvalue weighted by Crippen LogP contribution is -2.55. The molecule has 262 valence electrons. The molecule has 5 rings (SSSR count). The number of hydrogen-bond donors (Lipinski definition) is 1. The molecule has 14 nitrogen and oxygen atoms in total.